The van der Waals surface area contributed by atoms with E-state index < -0.39 is 0 Å². The molecule has 1 aromatic rings. The molecule has 1 fully saturated rings. The molecule has 1 amide bonds. The summed E-state index contributed by atoms with van der Waals surface area (Å²) in [5.74, 6) is -0.413. The summed E-state index contributed by atoms with van der Waals surface area (Å²) in [4.78, 5) is 14.0. The molecular weight excluding hydrogens is 267 g/mol. The number of carbonyl (C=O) groups excluding carboxylic acids is 1. The van der Waals surface area contributed by atoms with Crippen LogP contribution in [0.3, 0.4) is 0 Å². The molecule has 19 heavy (non-hydrogen) atoms. The summed E-state index contributed by atoms with van der Waals surface area (Å²) in [6.45, 7) is 1.29. The molecule has 0 aliphatic carbocycles. The Hall–Kier alpha value is -1.53. The van der Waals surface area contributed by atoms with Crippen LogP contribution in [0.1, 0.15) is 5.56 Å². The van der Waals surface area contributed by atoms with Gasteiger partial charge in [0.15, 0.2) is 0 Å². The molecular formula is C13H15FN2O2S. The van der Waals surface area contributed by atoms with Crippen molar-refractivity contribution in [3.05, 3.63) is 35.6 Å². The van der Waals surface area contributed by atoms with Crippen molar-refractivity contribution in [3.8, 4) is 0 Å². The van der Waals surface area contributed by atoms with Crippen LogP contribution < -0.4 is 5.73 Å². The molecule has 1 saturated heterocycles. The van der Waals surface area contributed by atoms with Crippen LogP contribution in [-0.2, 0) is 16.0 Å². The number of thiocarbonyl (C=S) groups is 1. The van der Waals surface area contributed by atoms with E-state index >= 15 is 0 Å². The quantitative estimate of drug-likeness (QED) is 0.836. The highest BCUT2D eigenvalue weighted by molar-refractivity contribution is 7.80. The van der Waals surface area contributed by atoms with Gasteiger partial charge in [0.05, 0.1) is 19.6 Å². The van der Waals surface area contributed by atoms with Crippen molar-refractivity contribution in [2.24, 2.45) is 5.73 Å². The Bertz CT molecular complexity index is 495. The summed E-state index contributed by atoms with van der Waals surface area (Å²) in [6.07, 6.45) is -0.220. The first-order valence-electron chi connectivity index (χ1n) is 5.99. The molecule has 1 aliphatic heterocycles. The van der Waals surface area contributed by atoms with Crippen LogP contribution >= 0.6 is 12.2 Å². The fourth-order valence-corrected chi connectivity index (χ4v) is 2.12. The van der Waals surface area contributed by atoms with Crippen molar-refractivity contribution in [3.63, 3.8) is 0 Å². The standard InChI is InChI=1S/C13H15FN2O2S/c14-10-3-1-2-9(6-10)7-12(17)16-4-5-18-11(8-16)13(15)19/h1-3,6,11H,4-5,7-8H2,(H2,15,19). The number of hydrogen-bond acceptors (Lipinski definition) is 3. The molecule has 1 unspecified atom stereocenters. The highest BCUT2D eigenvalue weighted by Crippen LogP contribution is 2.10. The van der Waals surface area contributed by atoms with Gasteiger partial charge in [0.2, 0.25) is 5.91 Å². The van der Waals surface area contributed by atoms with Gasteiger partial charge in [0.25, 0.3) is 0 Å². The highest BCUT2D eigenvalue weighted by Gasteiger charge is 2.25. The van der Waals surface area contributed by atoms with Crippen molar-refractivity contribution in [2.75, 3.05) is 19.7 Å². The highest BCUT2D eigenvalue weighted by atomic mass is 32.1. The number of rotatable bonds is 3. The molecule has 6 heteroatoms. The summed E-state index contributed by atoms with van der Waals surface area (Å²) in [5, 5.41) is 0. The van der Waals surface area contributed by atoms with Crippen molar-refractivity contribution in [1.29, 1.82) is 0 Å². The van der Waals surface area contributed by atoms with Gasteiger partial charge in [0, 0.05) is 6.54 Å². The number of amides is 1. The van der Waals surface area contributed by atoms with E-state index in [0.717, 1.165) is 0 Å². The topological polar surface area (TPSA) is 55.6 Å². The average molecular weight is 282 g/mol. The molecule has 1 atom stereocenters. The first-order valence-corrected chi connectivity index (χ1v) is 6.40. The molecule has 1 aromatic carbocycles. The molecule has 4 nitrogen and oxygen atoms in total. The number of halogens is 1. The first-order chi connectivity index (χ1) is 9.06. The van der Waals surface area contributed by atoms with Crippen LogP contribution in [0, 0.1) is 5.82 Å². The number of carbonyl (C=O) groups is 1. The maximum atomic E-state index is 13.0. The lowest BCUT2D eigenvalue weighted by atomic mass is 10.1. The smallest absolute Gasteiger partial charge is 0.227 e. The van der Waals surface area contributed by atoms with Gasteiger partial charge in [-0.3, -0.25) is 4.79 Å². The molecule has 2 rings (SSSR count). The maximum absolute atomic E-state index is 13.0. The Labute approximate surface area is 116 Å². The van der Waals surface area contributed by atoms with Gasteiger partial charge in [-0.15, -0.1) is 0 Å². The van der Waals surface area contributed by atoms with Crippen LogP contribution in [-0.4, -0.2) is 41.6 Å². The Kier molecular flexibility index (Phi) is 4.44. The zero-order valence-electron chi connectivity index (χ0n) is 10.3. The molecule has 1 heterocycles. The Morgan fingerprint density at radius 2 is 2.37 bits per heavy atom. The number of nitrogens with zero attached hydrogens (tertiary/aromatic N) is 1. The van der Waals surface area contributed by atoms with Gasteiger partial charge >= 0.3 is 0 Å². The third-order valence-electron chi connectivity index (χ3n) is 2.98. The molecule has 2 N–H and O–H groups in total. The van der Waals surface area contributed by atoms with Crippen molar-refractivity contribution >= 4 is 23.1 Å². The minimum Gasteiger partial charge on any atom is -0.391 e. The Morgan fingerprint density at radius 3 is 3.05 bits per heavy atom. The second-order valence-electron chi connectivity index (χ2n) is 4.41. The third kappa shape index (κ3) is 3.71. The van der Waals surface area contributed by atoms with Crippen LogP contribution in [0.25, 0.3) is 0 Å². The molecule has 0 saturated carbocycles. The predicted octanol–water partition coefficient (Wildman–Crippen LogP) is 0.882. The maximum Gasteiger partial charge on any atom is 0.227 e. The van der Waals surface area contributed by atoms with Crippen LogP contribution in [0.4, 0.5) is 4.39 Å². The van der Waals surface area contributed by atoms with Gasteiger partial charge in [-0.05, 0) is 17.7 Å². The van der Waals surface area contributed by atoms with E-state index in [9.17, 15) is 9.18 Å². The summed E-state index contributed by atoms with van der Waals surface area (Å²) in [5.41, 5.74) is 6.18. The van der Waals surface area contributed by atoms with Gasteiger partial charge in [-0.25, -0.2) is 4.39 Å². The first kappa shape index (κ1) is 13.9. The van der Waals surface area contributed by atoms with E-state index in [2.05, 4.69) is 0 Å². The van der Waals surface area contributed by atoms with Gasteiger partial charge in [0.1, 0.15) is 16.9 Å². The summed E-state index contributed by atoms with van der Waals surface area (Å²) >= 11 is 4.87. The zero-order valence-corrected chi connectivity index (χ0v) is 11.2. The Balaban J connectivity index is 1.98. The SMILES string of the molecule is NC(=S)C1CN(C(=O)Cc2cccc(F)c2)CCO1. The lowest BCUT2D eigenvalue weighted by Gasteiger charge is -2.32. The van der Waals surface area contributed by atoms with Crippen LogP contribution in [0.5, 0.6) is 0 Å². The minimum absolute atomic E-state index is 0.0739. The third-order valence-corrected chi connectivity index (χ3v) is 3.24. The molecule has 0 aromatic heterocycles. The average Bonchev–Trinajstić information content (AvgIpc) is 2.39. The van der Waals surface area contributed by atoms with Crippen molar-refractivity contribution in [2.45, 2.75) is 12.5 Å². The number of ether oxygens (including phenoxy) is 1. The number of nitrogens with two attached hydrogens (primary N) is 1. The number of hydrogen-bond donors (Lipinski definition) is 1. The largest absolute Gasteiger partial charge is 0.391 e. The molecule has 102 valence electrons. The van der Waals surface area contributed by atoms with E-state index in [1.165, 1.54) is 12.1 Å². The Morgan fingerprint density at radius 1 is 1.58 bits per heavy atom. The lowest BCUT2D eigenvalue weighted by molar-refractivity contribution is -0.135. The summed E-state index contributed by atoms with van der Waals surface area (Å²) < 4.78 is 18.4. The van der Waals surface area contributed by atoms with Gasteiger partial charge < -0.3 is 15.4 Å². The second kappa shape index (κ2) is 6.08. The summed E-state index contributed by atoms with van der Waals surface area (Å²) in [7, 11) is 0. The molecule has 0 spiro atoms. The van der Waals surface area contributed by atoms with Crippen molar-refractivity contribution < 1.29 is 13.9 Å². The van der Waals surface area contributed by atoms with Gasteiger partial charge in [-0.1, -0.05) is 24.4 Å². The van der Waals surface area contributed by atoms with E-state index in [4.69, 9.17) is 22.7 Å². The van der Waals surface area contributed by atoms with Gasteiger partial charge in [-0.2, -0.15) is 0 Å². The second-order valence-corrected chi connectivity index (χ2v) is 4.88. The van der Waals surface area contributed by atoms with Crippen LogP contribution in [0.2, 0.25) is 0 Å². The number of morpholine rings is 1. The van der Waals surface area contributed by atoms with Crippen molar-refractivity contribution in [1.82, 2.24) is 4.90 Å². The monoisotopic (exact) mass is 282 g/mol. The fourth-order valence-electron chi connectivity index (χ4n) is 1.98. The number of benzene rings is 1. The van der Waals surface area contributed by atoms with E-state index in [1.54, 1.807) is 17.0 Å². The van der Waals surface area contributed by atoms with E-state index in [1.807, 2.05) is 0 Å². The van der Waals surface area contributed by atoms with Crippen LogP contribution in [0.15, 0.2) is 24.3 Å². The molecule has 1 aliphatic rings. The minimum atomic E-state index is -0.389. The molecule has 0 radical (unpaired) electrons. The van der Waals surface area contributed by atoms with E-state index in [0.29, 0.717) is 25.3 Å². The normalized spacial score (nSPS) is 19.2. The fraction of sp³-hybridized carbons (Fsp3) is 0.385. The predicted molar refractivity (Wildman–Crippen MR) is 73.2 cm³/mol. The zero-order chi connectivity index (χ0) is 13.8. The summed E-state index contributed by atoms with van der Waals surface area (Å²) in [6, 6.07) is 6.04. The lowest BCUT2D eigenvalue weighted by Crippen LogP contribution is -2.50. The molecule has 0 bridgehead atoms. The van der Waals surface area contributed by atoms with E-state index in [-0.39, 0.29) is 29.2 Å².